The van der Waals surface area contributed by atoms with Crippen molar-refractivity contribution in [1.82, 2.24) is 4.90 Å². The Morgan fingerprint density at radius 1 is 1.26 bits per heavy atom. The van der Waals surface area contributed by atoms with Crippen molar-refractivity contribution in [2.75, 3.05) is 6.54 Å². The fourth-order valence-corrected chi connectivity index (χ4v) is 2.41. The second kappa shape index (κ2) is 5.53. The van der Waals surface area contributed by atoms with Gasteiger partial charge in [0.15, 0.2) is 0 Å². The lowest BCUT2D eigenvalue weighted by Gasteiger charge is -2.29. The average molecular weight is 261 g/mol. The van der Waals surface area contributed by atoms with E-state index in [0.717, 1.165) is 5.56 Å². The van der Waals surface area contributed by atoms with Crippen LogP contribution >= 0.6 is 0 Å². The number of carbonyl (C=O) groups excluding carboxylic acids is 2. The van der Waals surface area contributed by atoms with Crippen LogP contribution in [0.15, 0.2) is 24.3 Å². The van der Waals surface area contributed by atoms with Crippen LogP contribution in [0.5, 0.6) is 0 Å². The third kappa shape index (κ3) is 3.01. The number of hydrogen-bond donors (Lipinski definition) is 1. The van der Waals surface area contributed by atoms with Gasteiger partial charge in [-0.2, -0.15) is 0 Å². The van der Waals surface area contributed by atoms with Gasteiger partial charge in [-0.1, -0.05) is 32.0 Å². The number of nitrogens with zero attached hydrogens (tertiary/aromatic N) is 1. The van der Waals surface area contributed by atoms with Crippen LogP contribution in [0.2, 0.25) is 0 Å². The molecule has 1 heterocycles. The first-order valence-corrected chi connectivity index (χ1v) is 6.59. The number of β-amino-alcohol motifs (C(OH)–C–C–N with tert-alkyl or cyclic N) is 1. The fraction of sp³-hybridized carbons (Fsp3) is 0.467. The van der Waals surface area contributed by atoms with Crippen molar-refractivity contribution in [2.45, 2.75) is 32.8 Å². The SMILES string of the molecule is CC(C)CC(O)CN1C(=O)Cc2ccccc2C1=O. The first-order chi connectivity index (χ1) is 8.99. The summed E-state index contributed by atoms with van der Waals surface area (Å²) in [5.41, 5.74) is 1.34. The summed E-state index contributed by atoms with van der Waals surface area (Å²) >= 11 is 0. The van der Waals surface area contributed by atoms with Gasteiger partial charge in [-0.05, 0) is 24.0 Å². The predicted molar refractivity (Wildman–Crippen MR) is 71.7 cm³/mol. The lowest BCUT2D eigenvalue weighted by atomic mass is 9.97. The lowest BCUT2D eigenvalue weighted by molar-refractivity contribution is -0.129. The standard InChI is InChI=1S/C15H19NO3/c1-10(2)7-12(17)9-16-14(18)8-11-5-3-4-6-13(11)15(16)19/h3-6,10,12,17H,7-9H2,1-2H3. The molecule has 1 aliphatic heterocycles. The van der Waals surface area contributed by atoms with Crippen molar-refractivity contribution in [2.24, 2.45) is 5.92 Å². The van der Waals surface area contributed by atoms with Crippen molar-refractivity contribution in [3.63, 3.8) is 0 Å². The number of fused-ring (bicyclic) bond motifs is 1. The number of amides is 2. The molecule has 2 rings (SSSR count). The average Bonchev–Trinajstić information content (AvgIpc) is 2.33. The Hall–Kier alpha value is -1.68. The molecule has 1 aromatic carbocycles. The van der Waals surface area contributed by atoms with Gasteiger partial charge in [0.05, 0.1) is 19.1 Å². The monoisotopic (exact) mass is 261 g/mol. The van der Waals surface area contributed by atoms with Gasteiger partial charge in [0.25, 0.3) is 5.91 Å². The van der Waals surface area contributed by atoms with Crippen LogP contribution < -0.4 is 0 Å². The molecule has 1 aromatic rings. The largest absolute Gasteiger partial charge is 0.391 e. The number of aliphatic hydroxyl groups is 1. The molecule has 0 spiro atoms. The minimum absolute atomic E-state index is 0.0875. The first-order valence-electron chi connectivity index (χ1n) is 6.59. The lowest BCUT2D eigenvalue weighted by Crippen LogP contribution is -2.46. The Labute approximate surface area is 113 Å². The molecule has 0 bridgehead atoms. The predicted octanol–water partition coefficient (Wildman–Crippen LogP) is 1.62. The smallest absolute Gasteiger partial charge is 0.260 e. The maximum absolute atomic E-state index is 12.2. The molecule has 2 amide bonds. The van der Waals surface area contributed by atoms with Crippen LogP contribution in [0.4, 0.5) is 0 Å². The molecule has 102 valence electrons. The van der Waals surface area contributed by atoms with E-state index >= 15 is 0 Å². The van der Waals surface area contributed by atoms with Crippen molar-refractivity contribution >= 4 is 11.8 Å². The molecule has 4 heteroatoms. The van der Waals surface area contributed by atoms with Crippen molar-refractivity contribution in [1.29, 1.82) is 0 Å². The van der Waals surface area contributed by atoms with E-state index in [0.29, 0.717) is 17.9 Å². The van der Waals surface area contributed by atoms with Gasteiger partial charge in [-0.25, -0.2) is 0 Å². The van der Waals surface area contributed by atoms with Crippen molar-refractivity contribution in [3.05, 3.63) is 35.4 Å². The zero-order chi connectivity index (χ0) is 14.0. The zero-order valence-electron chi connectivity index (χ0n) is 11.3. The fourth-order valence-electron chi connectivity index (χ4n) is 2.41. The van der Waals surface area contributed by atoms with Gasteiger partial charge < -0.3 is 5.11 Å². The summed E-state index contributed by atoms with van der Waals surface area (Å²) in [7, 11) is 0. The minimum atomic E-state index is -0.654. The third-order valence-electron chi connectivity index (χ3n) is 3.27. The van der Waals surface area contributed by atoms with Gasteiger partial charge in [-0.15, -0.1) is 0 Å². The van der Waals surface area contributed by atoms with Crippen molar-refractivity contribution < 1.29 is 14.7 Å². The second-order valence-corrected chi connectivity index (χ2v) is 5.43. The van der Waals surface area contributed by atoms with Crippen LogP contribution in [0.25, 0.3) is 0 Å². The highest BCUT2D eigenvalue weighted by Crippen LogP contribution is 2.20. The summed E-state index contributed by atoms with van der Waals surface area (Å²) in [5.74, 6) is -0.196. The van der Waals surface area contributed by atoms with Crippen molar-refractivity contribution in [3.8, 4) is 0 Å². The molecule has 1 atom stereocenters. The molecule has 4 nitrogen and oxygen atoms in total. The number of benzene rings is 1. The van der Waals surface area contributed by atoms with E-state index in [9.17, 15) is 14.7 Å². The maximum Gasteiger partial charge on any atom is 0.260 e. The van der Waals surface area contributed by atoms with E-state index in [1.807, 2.05) is 19.9 Å². The molecular weight excluding hydrogens is 242 g/mol. The van der Waals surface area contributed by atoms with E-state index in [4.69, 9.17) is 0 Å². The first kappa shape index (κ1) is 13.7. The molecule has 0 saturated carbocycles. The van der Waals surface area contributed by atoms with Gasteiger partial charge >= 0.3 is 0 Å². The Balaban J connectivity index is 2.15. The third-order valence-corrected chi connectivity index (χ3v) is 3.27. The van der Waals surface area contributed by atoms with E-state index in [1.165, 1.54) is 4.90 Å². The van der Waals surface area contributed by atoms with Crippen LogP contribution in [0.3, 0.4) is 0 Å². The van der Waals surface area contributed by atoms with Gasteiger partial charge in [-0.3, -0.25) is 14.5 Å². The van der Waals surface area contributed by atoms with Crippen LogP contribution in [0.1, 0.15) is 36.2 Å². The summed E-state index contributed by atoms with van der Waals surface area (Å²) < 4.78 is 0. The summed E-state index contributed by atoms with van der Waals surface area (Å²) in [6.07, 6.45) is 0.160. The number of carbonyl (C=O) groups is 2. The van der Waals surface area contributed by atoms with E-state index in [1.54, 1.807) is 18.2 Å². The summed E-state index contributed by atoms with van der Waals surface area (Å²) in [6.45, 7) is 4.08. The molecule has 0 radical (unpaired) electrons. The van der Waals surface area contributed by atoms with E-state index in [-0.39, 0.29) is 24.8 Å². The molecule has 0 aromatic heterocycles. The van der Waals surface area contributed by atoms with Crippen LogP contribution in [-0.4, -0.2) is 34.5 Å². The minimum Gasteiger partial charge on any atom is -0.391 e. The summed E-state index contributed by atoms with van der Waals surface area (Å²) in [5, 5.41) is 9.91. The molecular formula is C15H19NO3. The van der Waals surface area contributed by atoms with E-state index in [2.05, 4.69) is 0 Å². The highest BCUT2D eigenvalue weighted by atomic mass is 16.3. The Morgan fingerprint density at radius 2 is 1.95 bits per heavy atom. The number of hydrogen-bond acceptors (Lipinski definition) is 3. The highest BCUT2D eigenvalue weighted by Gasteiger charge is 2.31. The molecule has 0 saturated heterocycles. The van der Waals surface area contributed by atoms with Gasteiger partial charge in [0, 0.05) is 5.56 Å². The topological polar surface area (TPSA) is 57.6 Å². The normalized spacial score (nSPS) is 16.7. The summed E-state index contributed by atoms with van der Waals surface area (Å²) in [6, 6.07) is 7.14. The molecule has 1 N–H and O–H groups in total. The van der Waals surface area contributed by atoms with Crippen LogP contribution in [0, 0.1) is 5.92 Å². The molecule has 1 aliphatic rings. The molecule has 0 fully saturated rings. The Kier molecular flexibility index (Phi) is 4.00. The van der Waals surface area contributed by atoms with Crippen LogP contribution in [-0.2, 0) is 11.2 Å². The molecule has 0 aliphatic carbocycles. The number of imide groups is 1. The second-order valence-electron chi connectivity index (χ2n) is 5.43. The Bertz CT molecular complexity index is 496. The number of rotatable bonds is 4. The Morgan fingerprint density at radius 3 is 2.63 bits per heavy atom. The zero-order valence-corrected chi connectivity index (χ0v) is 11.3. The van der Waals surface area contributed by atoms with E-state index < -0.39 is 6.10 Å². The quantitative estimate of drug-likeness (QED) is 0.838. The van der Waals surface area contributed by atoms with Gasteiger partial charge in [0.1, 0.15) is 0 Å². The molecule has 1 unspecified atom stereocenters. The summed E-state index contributed by atoms with van der Waals surface area (Å²) in [4.78, 5) is 25.4. The highest BCUT2D eigenvalue weighted by molar-refractivity contribution is 6.09. The van der Waals surface area contributed by atoms with Gasteiger partial charge in [0.2, 0.25) is 5.91 Å². The number of aliphatic hydroxyl groups excluding tert-OH is 1. The molecule has 19 heavy (non-hydrogen) atoms. The maximum atomic E-state index is 12.2.